The smallest absolute Gasteiger partial charge is 0.241 e. The van der Waals surface area contributed by atoms with Gasteiger partial charge in [-0.05, 0) is 47.9 Å². The molecule has 1 heterocycles. The molecule has 3 aromatic rings. The number of hydrogen-bond acceptors (Lipinski definition) is 5. The number of rotatable bonds is 8. The lowest BCUT2D eigenvalue weighted by molar-refractivity contribution is -0.123. The fraction of sp³-hybridized carbons (Fsp3) is 0.217. The summed E-state index contributed by atoms with van der Waals surface area (Å²) in [4.78, 5) is 16.5. The Kier molecular flexibility index (Phi) is 10.8. The second-order valence-corrected chi connectivity index (χ2v) is 6.67. The van der Waals surface area contributed by atoms with Crippen LogP contribution in [0.5, 0.6) is 11.5 Å². The fourth-order valence-corrected chi connectivity index (χ4v) is 2.91. The summed E-state index contributed by atoms with van der Waals surface area (Å²) < 4.78 is 11.3. The number of amides is 1. The molecule has 31 heavy (non-hydrogen) atoms. The second-order valence-electron chi connectivity index (χ2n) is 6.67. The Labute approximate surface area is 195 Å². The average molecular weight is 464 g/mol. The van der Waals surface area contributed by atoms with Gasteiger partial charge in [-0.15, -0.1) is 24.8 Å². The van der Waals surface area contributed by atoms with E-state index in [9.17, 15) is 4.79 Å². The summed E-state index contributed by atoms with van der Waals surface area (Å²) >= 11 is 0. The first-order valence-corrected chi connectivity index (χ1v) is 9.39. The molecule has 3 N–H and O–H groups in total. The maximum atomic E-state index is 12.5. The molecule has 2 atom stereocenters. The molecule has 0 radical (unpaired) electrons. The number of ether oxygens (including phenoxy) is 2. The summed E-state index contributed by atoms with van der Waals surface area (Å²) in [5.41, 5.74) is 8.76. The van der Waals surface area contributed by atoms with E-state index in [0.29, 0.717) is 18.1 Å². The van der Waals surface area contributed by atoms with Crippen molar-refractivity contribution in [3.05, 3.63) is 89.7 Å². The SMILES string of the molecule is COc1cc(C(C)NC(=O)C(N)c2ccccc2)ccc1OCc1ccncc1.Cl.Cl. The van der Waals surface area contributed by atoms with E-state index < -0.39 is 6.04 Å². The summed E-state index contributed by atoms with van der Waals surface area (Å²) in [6, 6.07) is 17.7. The van der Waals surface area contributed by atoms with Crippen LogP contribution in [-0.2, 0) is 11.4 Å². The highest BCUT2D eigenvalue weighted by Crippen LogP contribution is 2.31. The largest absolute Gasteiger partial charge is 0.493 e. The fourth-order valence-electron chi connectivity index (χ4n) is 2.91. The number of hydrogen-bond donors (Lipinski definition) is 2. The van der Waals surface area contributed by atoms with E-state index in [1.165, 1.54) is 0 Å². The van der Waals surface area contributed by atoms with Gasteiger partial charge in [-0.3, -0.25) is 9.78 Å². The zero-order valence-electron chi connectivity index (χ0n) is 17.4. The van der Waals surface area contributed by atoms with Gasteiger partial charge in [0.25, 0.3) is 0 Å². The van der Waals surface area contributed by atoms with Crippen LogP contribution in [0, 0.1) is 0 Å². The van der Waals surface area contributed by atoms with Gasteiger partial charge in [0.2, 0.25) is 5.91 Å². The van der Waals surface area contributed by atoms with Crippen LogP contribution in [0.1, 0.15) is 35.7 Å². The van der Waals surface area contributed by atoms with E-state index in [-0.39, 0.29) is 36.8 Å². The van der Waals surface area contributed by atoms with Crippen molar-refractivity contribution in [2.24, 2.45) is 5.73 Å². The van der Waals surface area contributed by atoms with Crippen molar-refractivity contribution in [3.63, 3.8) is 0 Å². The molecule has 1 aromatic heterocycles. The second kappa shape index (κ2) is 12.8. The number of methoxy groups -OCH3 is 1. The van der Waals surface area contributed by atoms with Crippen molar-refractivity contribution in [3.8, 4) is 11.5 Å². The normalized spacial score (nSPS) is 11.8. The van der Waals surface area contributed by atoms with Gasteiger partial charge in [0.1, 0.15) is 12.6 Å². The van der Waals surface area contributed by atoms with Gasteiger partial charge < -0.3 is 20.5 Å². The first-order valence-electron chi connectivity index (χ1n) is 9.39. The zero-order chi connectivity index (χ0) is 20.6. The van der Waals surface area contributed by atoms with Crippen molar-refractivity contribution in [2.45, 2.75) is 25.6 Å². The molecule has 0 saturated heterocycles. The molecule has 8 heteroatoms. The Bertz CT molecular complexity index is 943. The molecular formula is C23H27Cl2N3O3. The van der Waals surface area contributed by atoms with Crippen molar-refractivity contribution in [1.29, 1.82) is 0 Å². The lowest BCUT2D eigenvalue weighted by Gasteiger charge is -2.19. The van der Waals surface area contributed by atoms with Gasteiger partial charge in [0.15, 0.2) is 11.5 Å². The predicted octanol–water partition coefficient (Wildman–Crippen LogP) is 4.39. The Hall–Kier alpha value is -2.80. The number of pyridine rings is 1. The predicted molar refractivity (Wildman–Crippen MR) is 126 cm³/mol. The standard InChI is InChI=1S/C23H25N3O3.2ClH/c1-16(26-23(27)22(24)18-6-4-3-5-7-18)19-8-9-20(21(14-19)28-2)29-15-17-10-12-25-13-11-17;;/h3-14,16,22H,15,24H2,1-2H3,(H,26,27);2*1H. The number of carbonyl (C=O) groups excluding carboxylic acids is 1. The zero-order valence-corrected chi connectivity index (χ0v) is 19.0. The highest BCUT2D eigenvalue weighted by molar-refractivity contribution is 5.85. The van der Waals surface area contributed by atoms with Crippen LogP contribution in [0.3, 0.4) is 0 Å². The number of aromatic nitrogens is 1. The Balaban J connectivity index is 0.00000240. The van der Waals surface area contributed by atoms with E-state index in [1.54, 1.807) is 19.5 Å². The van der Waals surface area contributed by atoms with Crippen LogP contribution in [0.15, 0.2) is 73.1 Å². The molecule has 0 saturated carbocycles. The minimum absolute atomic E-state index is 0. The van der Waals surface area contributed by atoms with E-state index in [1.807, 2.05) is 67.6 Å². The molecule has 2 unspecified atom stereocenters. The van der Waals surface area contributed by atoms with Crippen LogP contribution >= 0.6 is 24.8 Å². The molecule has 2 aromatic carbocycles. The molecule has 0 spiro atoms. The van der Waals surface area contributed by atoms with Gasteiger partial charge in [-0.2, -0.15) is 0 Å². The molecule has 0 fully saturated rings. The van der Waals surface area contributed by atoms with Crippen LogP contribution in [0.25, 0.3) is 0 Å². The van der Waals surface area contributed by atoms with Gasteiger partial charge in [-0.1, -0.05) is 36.4 Å². The molecule has 0 aliphatic carbocycles. The highest BCUT2D eigenvalue weighted by atomic mass is 35.5. The van der Waals surface area contributed by atoms with Crippen molar-refractivity contribution < 1.29 is 14.3 Å². The van der Waals surface area contributed by atoms with Crippen LogP contribution < -0.4 is 20.5 Å². The van der Waals surface area contributed by atoms with E-state index in [4.69, 9.17) is 15.2 Å². The number of benzene rings is 2. The minimum Gasteiger partial charge on any atom is -0.493 e. The molecule has 0 aliphatic rings. The highest BCUT2D eigenvalue weighted by Gasteiger charge is 2.19. The summed E-state index contributed by atoms with van der Waals surface area (Å²) in [7, 11) is 1.59. The van der Waals surface area contributed by atoms with Crippen LogP contribution in [-0.4, -0.2) is 18.0 Å². The lowest BCUT2D eigenvalue weighted by Crippen LogP contribution is -2.35. The van der Waals surface area contributed by atoms with Crippen molar-refractivity contribution in [2.75, 3.05) is 7.11 Å². The van der Waals surface area contributed by atoms with E-state index in [2.05, 4.69) is 10.3 Å². The maximum Gasteiger partial charge on any atom is 0.241 e. The molecule has 166 valence electrons. The van der Waals surface area contributed by atoms with E-state index >= 15 is 0 Å². The van der Waals surface area contributed by atoms with Gasteiger partial charge >= 0.3 is 0 Å². The summed E-state index contributed by atoms with van der Waals surface area (Å²) in [6.07, 6.45) is 3.45. The summed E-state index contributed by atoms with van der Waals surface area (Å²) in [6.45, 7) is 2.32. The van der Waals surface area contributed by atoms with Crippen LogP contribution in [0.2, 0.25) is 0 Å². The van der Waals surface area contributed by atoms with Gasteiger partial charge in [-0.25, -0.2) is 0 Å². The number of nitrogens with two attached hydrogens (primary N) is 1. The molecule has 0 bridgehead atoms. The first kappa shape index (κ1) is 26.2. The number of nitrogens with one attached hydrogen (secondary N) is 1. The van der Waals surface area contributed by atoms with Gasteiger partial charge in [0.05, 0.1) is 13.2 Å². The summed E-state index contributed by atoms with van der Waals surface area (Å²) in [5, 5.41) is 2.96. The average Bonchev–Trinajstić information content (AvgIpc) is 2.78. The van der Waals surface area contributed by atoms with Crippen molar-refractivity contribution in [1.82, 2.24) is 10.3 Å². The summed E-state index contributed by atoms with van der Waals surface area (Å²) in [5.74, 6) is 0.998. The Morgan fingerprint density at radius 1 is 1.00 bits per heavy atom. The topological polar surface area (TPSA) is 86.5 Å². The minimum atomic E-state index is -0.719. The Morgan fingerprint density at radius 2 is 1.68 bits per heavy atom. The molecule has 0 aliphatic heterocycles. The third kappa shape index (κ3) is 7.14. The van der Waals surface area contributed by atoms with Crippen LogP contribution in [0.4, 0.5) is 0 Å². The third-order valence-electron chi connectivity index (χ3n) is 4.63. The molecule has 1 amide bonds. The monoisotopic (exact) mass is 463 g/mol. The molecule has 3 rings (SSSR count). The molecule has 6 nitrogen and oxygen atoms in total. The number of carbonyl (C=O) groups is 1. The van der Waals surface area contributed by atoms with Crippen molar-refractivity contribution >= 4 is 30.7 Å². The lowest BCUT2D eigenvalue weighted by atomic mass is 10.0. The molecular weight excluding hydrogens is 437 g/mol. The number of nitrogens with zero attached hydrogens (tertiary/aromatic N) is 1. The third-order valence-corrected chi connectivity index (χ3v) is 4.63. The quantitative estimate of drug-likeness (QED) is 0.517. The van der Waals surface area contributed by atoms with Gasteiger partial charge in [0, 0.05) is 12.4 Å². The first-order chi connectivity index (χ1) is 14.1. The number of halogens is 2. The van der Waals surface area contributed by atoms with E-state index in [0.717, 1.165) is 16.7 Å². The maximum absolute atomic E-state index is 12.5. The Morgan fingerprint density at radius 3 is 2.32 bits per heavy atom.